The van der Waals surface area contributed by atoms with Crippen LogP contribution in [0.2, 0.25) is 5.02 Å². The molecule has 1 N–H and O–H groups in total. The number of carbonyl (C=O) groups is 1. The summed E-state index contributed by atoms with van der Waals surface area (Å²) in [5.41, 5.74) is 1.84. The Balaban J connectivity index is 1.64. The predicted octanol–water partition coefficient (Wildman–Crippen LogP) is 4.58. The number of anilines is 1. The van der Waals surface area contributed by atoms with E-state index in [9.17, 15) is 4.79 Å². The molecule has 20 heavy (non-hydrogen) atoms. The molecular formula is C17H20ClNO. The Morgan fingerprint density at radius 3 is 2.45 bits per heavy atom. The van der Waals surface area contributed by atoms with Crippen molar-refractivity contribution in [3.8, 4) is 0 Å². The second kappa shape index (κ2) is 5.61. The molecule has 106 valence electrons. The average molecular weight is 290 g/mol. The van der Waals surface area contributed by atoms with Gasteiger partial charge in [-0.1, -0.05) is 29.8 Å². The third kappa shape index (κ3) is 2.76. The lowest BCUT2D eigenvalue weighted by Crippen LogP contribution is -2.15. The van der Waals surface area contributed by atoms with E-state index in [4.69, 9.17) is 11.6 Å². The van der Waals surface area contributed by atoms with E-state index in [2.05, 4.69) is 17.5 Å². The van der Waals surface area contributed by atoms with Crippen molar-refractivity contribution in [2.24, 2.45) is 17.8 Å². The van der Waals surface area contributed by atoms with Gasteiger partial charge < -0.3 is 5.32 Å². The quantitative estimate of drug-likeness (QED) is 0.793. The van der Waals surface area contributed by atoms with Gasteiger partial charge in [-0.2, -0.15) is 0 Å². The first-order chi connectivity index (χ1) is 9.66. The van der Waals surface area contributed by atoms with Gasteiger partial charge in [0.25, 0.3) is 0 Å². The van der Waals surface area contributed by atoms with Gasteiger partial charge in [0.2, 0.25) is 5.91 Å². The minimum absolute atomic E-state index is 0.168. The molecule has 0 bridgehead atoms. The lowest BCUT2D eigenvalue weighted by molar-refractivity contribution is -0.117. The summed E-state index contributed by atoms with van der Waals surface area (Å²) in [5.74, 6) is 1.54. The van der Waals surface area contributed by atoms with Gasteiger partial charge in [-0.15, -0.1) is 0 Å². The first-order valence-corrected chi connectivity index (χ1v) is 7.76. The first kappa shape index (κ1) is 13.7. The maximum absolute atomic E-state index is 12.4. The van der Waals surface area contributed by atoms with E-state index in [1.807, 2.05) is 25.1 Å². The highest BCUT2D eigenvalue weighted by atomic mass is 35.5. The van der Waals surface area contributed by atoms with Crippen molar-refractivity contribution in [1.82, 2.24) is 0 Å². The van der Waals surface area contributed by atoms with E-state index in [-0.39, 0.29) is 11.8 Å². The monoisotopic (exact) mass is 289 g/mol. The molecule has 2 aliphatic carbocycles. The lowest BCUT2D eigenvalue weighted by Gasteiger charge is -2.06. The molecule has 1 fully saturated rings. The molecule has 1 aromatic rings. The Kier molecular flexibility index (Phi) is 3.84. The number of aryl methyl sites for hydroxylation is 1. The summed E-state index contributed by atoms with van der Waals surface area (Å²) >= 11 is 6.10. The van der Waals surface area contributed by atoms with Crippen molar-refractivity contribution in [3.05, 3.63) is 40.9 Å². The molecule has 1 amide bonds. The van der Waals surface area contributed by atoms with E-state index in [0.717, 1.165) is 36.9 Å². The molecule has 3 atom stereocenters. The van der Waals surface area contributed by atoms with E-state index >= 15 is 0 Å². The van der Waals surface area contributed by atoms with Gasteiger partial charge in [0.15, 0.2) is 0 Å². The van der Waals surface area contributed by atoms with Crippen molar-refractivity contribution in [2.75, 3.05) is 5.32 Å². The molecule has 1 unspecified atom stereocenters. The van der Waals surface area contributed by atoms with Gasteiger partial charge in [-0.25, -0.2) is 0 Å². The highest BCUT2D eigenvalue weighted by molar-refractivity contribution is 6.31. The largest absolute Gasteiger partial charge is 0.326 e. The van der Waals surface area contributed by atoms with Crippen molar-refractivity contribution in [1.29, 1.82) is 0 Å². The van der Waals surface area contributed by atoms with Crippen LogP contribution < -0.4 is 5.32 Å². The summed E-state index contributed by atoms with van der Waals surface area (Å²) in [4.78, 5) is 12.4. The fourth-order valence-corrected chi connectivity index (χ4v) is 3.51. The number of halogens is 1. The molecule has 0 heterocycles. The number of fused-ring (bicyclic) bond motifs is 1. The highest BCUT2D eigenvalue weighted by Crippen LogP contribution is 2.53. The van der Waals surface area contributed by atoms with Crippen LogP contribution in [0, 0.1) is 24.7 Å². The van der Waals surface area contributed by atoms with Crippen LogP contribution in [-0.4, -0.2) is 5.91 Å². The molecule has 0 spiro atoms. The number of benzene rings is 1. The molecule has 0 saturated heterocycles. The van der Waals surface area contributed by atoms with Crippen molar-refractivity contribution < 1.29 is 4.79 Å². The van der Waals surface area contributed by atoms with Crippen LogP contribution in [-0.2, 0) is 4.79 Å². The van der Waals surface area contributed by atoms with Crippen LogP contribution in [0.3, 0.4) is 0 Å². The van der Waals surface area contributed by atoms with Crippen molar-refractivity contribution in [2.45, 2.75) is 32.6 Å². The van der Waals surface area contributed by atoms with Crippen molar-refractivity contribution in [3.63, 3.8) is 0 Å². The Hall–Kier alpha value is -1.28. The molecule has 3 heteroatoms. The van der Waals surface area contributed by atoms with Gasteiger partial charge in [0.1, 0.15) is 0 Å². The summed E-state index contributed by atoms with van der Waals surface area (Å²) in [6, 6.07) is 5.70. The molecule has 1 saturated carbocycles. The third-order valence-electron chi connectivity index (χ3n) is 4.57. The highest BCUT2D eigenvalue weighted by Gasteiger charge is 2.53. The van der Waals surface area contributed by atoms with Crippen LogP contribution in [0.15, 0.2) is 30.4 Å². The van der Waals surface area contributed by atoms with E-state index in [1.165, 1.54) is 0 Å². The minimum atomic E-state index is 0.168. The SMILES string of the molecule is Cc1ccc(NC(=O)C2[C@H]3CC/C=C\CC[C@@H]23)cc1Cl. The third-order valence-corrected chi connectivity index (χ3v) is 4.98. The number of hydrogen-bond acceptors (Lipinski definition) is 1. The maximum Gasteiger partial charge on any atom is 0.228 e. The van der Waals surface area contributed by atoms with Crippen LogP contribution >= 0.6 is 11.6 Å². The number of rotatable bonds is 2. The second-order valence-electron chi connectivity index (χ2n) is 5.93. The molecule has 1 aromatic carbocycles. The molecule has 3 rings (SSSR count). The van der Waals surface area contributed by atoms with Gasteiger partial charge in [0.05, 0.1) is 0 Å². The fourth-order valence-electron chi connectivity index (χ4n) is 3.33. The van der Waals surface area contributed by atoms with E-state index in [1.54, 1.807) is 0 Å². The molecular weight excluding hydrogens is 270 g/mol. The number of nitrogens with one attached hydrogen (secondary N) is 1. The lowest BCUT2D eigenvalue weighted by atomic mass is 10.1. The Morgan fingerprint density at radius 1 is 1.20 bits per heavy atom. The molecule has 2 nitrogen and oxygen atoms in total. The van der Waals surface area contributed by atoms with Crippen LogP contribution in [0.25, 0.3) is 0 Å². The summed E-state index contributed by atoms with van der Waals surface area (Å²) in [6.07, 6.45) is 9.02. The van der Waals surface area contributed by atoms with Gasteiger partial charge >= 0.3 is 0 Å². The average Bonchev–Trinajstić information content (AvgIpc) is 3.05. The Morgan fingerprint density at radius 2 is 1.85 bits per heavy atom. The molecule has 0 aromatic heterocycles. The summed E-state index contributed by atoms with van der Waals surface area (Å²) < 4.78 is 0. The van der Waals surface area contributed by atoms with Gasteiger partial charge in [-0.05, 0) is 62.1 Å². The number of amides is 1. The molecule has 0 aliphatic heterocycles. The Bertz CT molecular complexity index is 536. The molecule has 2 aliphatic rings. The smallest absolute Gasteiger partial charge is 0.228 e. The Labute approximate surface area is 125 Å². The predicted molar refractivity (Wildman–Crippen MR) is 82.9 cm³/mol. The van der Waals surface area contributed by atoms with Gasteiger partial charge in [0, 0.05) is 16.6 Å². The van der Waals surface area contributed by atoms with E-state index < -0.39 is 0 Å². The van der Waals surface area contributed by atoms with Crippen LogP contribution in [0.1, 0.15) is 31.2 Å². The molecule has 0 radical (unpaired) electrons. The first-order valence-electron chi connectivity index (χ1n) is 7.39. The number of carbonyl (C=O) groups excluding carboxylic acids is 1. The summed E-state index contributed by atoms with van der Waals surface area (Å²) in [6.45, 7) is 1.96. The zero-order chi connectivity index (χ0) is 14.1. The standard InChI is InChI=1S/C17H20ClNO/c1-11-8-9-12(10-15(11)18)19-17(20)16-13-6-4-2-3-5-7-14(13)16/h2-3,8-10,13-14,16H,4-7H2,1H3,(H,19,20)/b3-2-/t13-,14+,16?. The summed E-state index contributed by atoms with van der Waals surface area (Å²) in [5, 5.41) is 3.73. The van der Waals surface area contributed by atoms with Crippen LogP contribution in [0.4, 0.5) is 5.69 Å². The minimum Gasteiger partial charge on any atom is -0.326 e. The zero-order valence-electron chi connectivity index (χ0n) is 11.7. The normalized spacial score (nSPS) is 29.8. The second-order valence-corrected chi connectivity index (χ2v) is 6.34. The fraction of sp³-hybridized carbons (Fsp3) is 0.471. The zero-order valence-corrected chi connectivity index (χ0v) is 12.5. The maximum atomic E-state index is 12.4. The summed E-state index contributed by atoms with van der Waals surface area (Å²) in [7, 11) is 0. The topological polar surface area (TPSA) is 29.1 Å². The van der Waals surface area contributed by atoms with Crippen LogP contribution in [0.5, 0.6) is 0 Å². The number of hydrogen-bond donors (Lipinski definition) is 1. The van der Waals surface area contributed by atoms with E-state index in [0.29, 0.717) is 16.9 Å². The van der Waals surface area contributed by atoms with Gasteiger partial charge in [-0.3, -0.25) is 4.79 Å². The van der Waals surface area contributed by atoms with Crippen molar-refractivity contribution >= 4 is 23.2 Å². The number of allylic oxidation sites excluding steroid dienone is 2.